The SMILES string of the molecule is CNCc1ccncc1Cc1ccc(SC)cc1. The summed E-state index contributed by atoms with van der Waals surface area (Å²) in [5, 5.41) is 3.20. The van der Waals surface area contributed by atoms with Gasteiger partial charge in [-0.1, -0.05) is 12.1 Å². The Morgan fingerprint density at radius 2 is 1.89 bits per heavy atom. The van der Waals surface area contributed by atoms with Crippen LogP contribution in [0.25, 0.3) is 0 Å². The first-order chi connectivity index (χ1) is 8.83. The van der Waals surface area contributed by atoms with Gasteiger partial charge in [-0.2, -0.15) is 0 Å². The van der Waals surface area contributed by atoms with Crippen molar-refractivity contribution in [3.8, 4) is 0 Å². The summed E-state index contributed by atoms with van der Waals surface area (Å²) in [4.78, 5) is 5.53. The quantitative estimate of drug-likeness (QED) is 0.834. The third-order valence-electron chi connectivity index (χ3n) is 2.93. The average Bonchev–Trinajstić information content (AvgIpc) is 2.42. The van der Waals surface area contributed by atoms with Gasteiger partial charge in [0.25, 0.3) is 0 Å². The number of thioether (sulfide) groups is 1. The lowest BCUT2D eigenvalue weighted by Gasteiger charge is -2.08. The topological polar surface area (TPSA) is 24.9 Å². The molecule has 0 bridgehead atoms. The van der Waals surface area contributed by atoms with Crippen LogP contribution >= 0.6 is 11.8 Å². The van der Waals surface area contributed by atoms with Crippen molar-refractivity contribution in [2.24, 2.45) is 0 Å². The van der Waals surface area contributed by atoms with E-state index >= 15 is 0 Å². The second kappa shape index (κ2) is 6.57. The fourth-order valence-corrected chi connectivity index (χ4v) is 2.35. The highest BCUT2D eigenvalue weighted by Crippen LogP contribution is 2.18. The van der Waals surface area contributed by atoms with Crippen molar-refractivity contribution in [2.75, 3.05) is 13.3 Å². The van der Waals surface area contributed by atoms with Crippen LogP contribution < -0.4 is 5.32 Å². The first-order valence-electron chi connectivity index (χ1n) is 6.03. The molecule has 0 atom stereocenters. The van der Waals surface area contributed by atoms with E-state index in [9.17, 15) is 0 Å². The molecule has 0 spiro atoms. The zero-order chi connectivity index (χ0) is 12.8. The zero-order valence-corrected chi connectivity index (χ0v) is 11.6. The van der Waals surface area contributed by atoms with E-state index in [0.717, 1.165) is 13.0 Å². The molecule has 0 radical (unpaired) electrons. The predicted octanol–water partition coefficient (Wildman–Crippen LogP) is 3.11. The van der Waals surface area contributed by atoms with Gasteiger partial charge in [-0.15, -0.1) is 11.8 Å². The predicted molar refractivity (Wildman–Crippen MR) is 78.0 cm³/mol. The Kier molecular flexibility index (Phi) is 4.79. The van der Waals surface area contributed by atoms with Crippen LogP contribution in [0, 0.1) is 0 Å². The summed E-state index contributed by atoms with van der Waals surface area (Å²) >= 11 is 1.77. The lowest BCUT2D eigenvalue weighted by Crippen LogP contribution is -2.08. The van der Waals surface area contributed by atoms with Crippen LogP contribution in [0.3, 0.4) is 0 Å². The number of hydrogen-bond acceptors (Lipinski definition) is 3. The van der Waals surface area contributed by atoms with Gasteiger partial charge in [0.2, 0.25) is 0 Å². The van der Waals surface area contributed by atoms with Crippen molar-refractivity contribution in [2.45, 2.75) is 17.9 Å². The number of nitrogens with one attached hydrogen (secondary N) is 1. The Hall–Kier alpha value is -1.32. The van der Waals surface area contributed by atoms with Gasteiger partial charge in [0, 0.05) is 23.8 Å². The fourth-order valence-electron chi connectivity index (χ4n) is 1.94. The first-order valence-corrected chi connectivity index (χ1v) is 7.25. The summed E-state index contributed by atoms with van der Waals surface area (Å²) in [6.07, 6.45) is 6.86. The summed E-state index contributed by atoms with van der Waals surface area (Å²) in [7, 11) is 1.97. The maximum atomic E-state index is 4.23. The minimum Gasteiger partial charge on any atom is -0.316 e. The molecule has 0 saturated carbocycles. The Morgan fingerprint density at radius 1 is 1.11 bits per heavy atom. The largest absolute Gasteiger partial charge is 0.316 e. The van der Waals surface area contributed by atoms with Crippen molar-refractivity contribution < 1.29 is 0 Å². The van der Waals surface area contributed by atoms with Crippen molar-refractivity contribution >= 4 is 11.8 Å². The number of nitrogens with zero attached hydrogens (tertiary/aromatic N) is 1. The van der Waals surface area contributed by atoms with Gasteiger partial charge in [0.15, 0.2) is 0 Å². The van der Waals surface area contributed by atoms with E-state index in [1.165, 1.54) is 21.6 Å². The molecule has 1 heterocycles. The molecular weight excluding hydrogens is 240 g/mol. The van der Waals surface area contributed by atoms with Crippen LogP contribution in [-0.4, -0.2) is 18.3 Å². The van der Waals surface area contributed by atoms with Crippen LogP contribution in [0.2, 0.25) is 0 Å². The van der Waals surface area contributed by atoms with Crippen LogP contribution in [-0.2, 0) is 13.0 Å². The third-order valence-corrected chi connectivity index (χ3v) is 3.67. The van der Waals surface area contributed by atoms with E-state index in [2.05, 4.69) is 46.9 Å². The molecule has 94 valence electrons. The number of aromatic nitrogens is 1. The van der Waals surface area contributed by atoms with Crippen molar-refractivity contribution in [1.82, 2.24) is 10.3 Å². The molecule has 0 unspecified atom stereocenters. The van der Waals surface area contributed by atoms with Gasteiger partial charge in [-0.05, 0) is 54.6 Å². The summed E-state index contributed by atoms with van der Waals surface area (Å²) in [6, 6.07) is 10.8. The van der Waals surface area contributed by atoms with E-state index in [0.29, 0.717) is 0 Å². The molecule has 1 aromatic heterocycles. The summed E-state index contributed by atoms with van der Waals surface area (Å²) in [5.41, 5.74) is 3.95. The highest BCUT2D eigenvalue weighted by Gasteiger charge is 2.03. The molecule has 3 heteroatoms. The highest BCUT2D eigenvalue weighted by atomic mass is 32.2. The average molecular weight is 258 g/mol. The lowest BCUT2D eigenvalue weighted by atomic mass is 10.0. The second-order valence-corrected chi connectivity index (χ2v) is 5.08. The van der Waals surface area contributed by atoms with Gasteiger partial charge < -0.3 is 5.32 Å². The van der Waals surface area contributed by atoms with Crippen molar-refractivity contribution in [3.05, 3.63) is 59.4 Å². The summed E-state index contributed by atoms with van der Waals surface area (Å²) < 4.78 is 0. The van der Waals surface area contributed by atoms with Crippen LogP contribution in [0.15, 0.2) is 47.6 Å². The number of hydrogen-bond donors (Lipinski definition) is 1. The summed E-state index contributed by atoms with van der Waals surface area (Å²) in [6.45, 7) is 0.890. The molecule has 1 aromatic carbocycles. The maximum absolute atomic E-state index is 4.23. The molecule has 0 aliphatic heterocycles. The fraction of sp³-hybridized carbons (Fsp3) is 0.267. The zero-order valence-electron chi connectivity index (χ0n) is 10.8. The molecule has 18 heavy (non-hydrogen) atoms. The summed E-state index contributed by atoms with van der Waals surface area (Å²) in [5.74, 6) is 0. The number of benzene rings is 1. The third kappa shape index (κ3) is 3.34. The van der Waals surface area contributed by atoms with Gasteiger partial charge in [-0.25, -0.2) is 0 Å². The van der Waals surface area contributed by atoms with E-state index in [-0.39, 0.29) is 0 Å². The van der Waals surface area contributed by atoms with E-state index in [4.69, 9.17) is 0 Å². The van der Waals surface area contributed by atoms with E-state index in [1.807, 2.05) is 19.4 Å². The van der Waals surface area contributed by atoms with Gasteiger partial charge in [0.1, 0.15) is 0 Å². The molecule has 2 nitrogen and oxygen atoms in total. The molecular formula is C15H18N2S. The van der Waals surface area contributed by atoms with Crippen LogP contribution in [0.4, 0.5) is 0 Å². The number of pyridine rings is 1. The molecule has 1 N–H and O–H groups in total. The Morgan fingerprint density at radius 3 is 2.56 bits per heavy atom. The Labute approximate surface area is 113 Å². The first kappa shape index (κ1) is 13.1. The van der Waals surface area contributed by atoms with Crippen molar-refractivity contribution in [1.29, 1.82) is 0 Å². The number of rotatable bonds is 5. The Balaban J connectivity index is 2.17. The Bertz CT molecular complexity index is 494. The molecule has 0 amide bonds. The van der Waals surface area contributed by atoms with Gasteiger partial charge in [0.05, 0.1) is 0 Å². The standard InChI is InChI=1S/C15H18N2S/c1-16-10-13-7-8-17-11-14(13)9-12-3-5-15(18-2)6-4-12/h3-8,11,16H,9-10H2,1-2H3. The minimum absolute atomic E-state index is 0.890. The van der Waals surface area contributed by atoms with E-state index in [1.54, 1.807) is 11.8 Å². The van der Waals surface area contributed by atoms with E-state index < -0.39 is 0 Å². The monoisotopic (exact) mass is 258 g/mol. The van der Waals surface area contributed by atoms with Gasteiger partial charge >= 0.3 is 0 Å². The normalized spacial score (nSPS) is 10.6. The molecule has 0 aliphatic carbocycles. The van der Waals surface area contributed by atoms with Crippen LogP contribution in [0.5, 0.6) is 0 Å². The lowest BCUT2D eigenvalue weighted by molar-refractivity contribution is 0.805. The second-order valence-electron chi connectivity index (χ2n) is 4.20. The smallest absolute Gasteiger partial charge is 0.0306 e. The van der Waals surface area contributed by atoms with Crippen molar-refractivity contribution in [3.63, 3.8) is 0 Å². The van der Waals surface area contributed by atoms with Gasteiger partial charge in [-0.3, -0.25) is 4.98 Å². The minimum atomic E-state index is 0.890. The highest BCUT2D eigenvalue weighted by molar-refractivity contribution is 7.98. The molecule has 2 rings (SSSR count). The maximum Gasteiger partial charge on any atom is 0.0306 e. The molecule has 0 fully saturated rings. The molecule has 0 saturated heterocycles. The molecule has 2 aromatic rings. The van der Waals surface area contributed by atoms with Crippen LogP contribution in [0.1, 0.15) is 16.7 Å². The molecule has 0 aliphatic rings.